The molecule has 0 aliphatic carbocycles. The fraction of sp³-hybridized carbons (Fsp3) is 1.00. The highest BCUT2D eigenvalue weighted by Gasteiger charge is 2.21. The summed E-state index contributed by atoms with van der Waals surface area (Å²) in [6.07, 6.45) is 6.09. The summed E-state index contributed by atoms with van der Waals surface area (Å²) in [5.41, 5.74) is 0.130. The summed E-state index contributed by atoms with van der Waals surface area (Å²) in [5, 5.41) is 0. The van der Waals surface area contributed by atoms with Gasteiger partial charge in [0.05, 0.1) is 5.60 Å². The topological polar surface area (TPSA) is 9.23 Å². The van der Waals surface area contributed by atoms with Gasteiger partial charge in [0, 0.05) is 6.61 Å². The predicted molar refractivity (Wildman–Crippen MR) is 63.6 cm³/mol. The third-order valence-electron chi connectivity index (χ3n) is 2.89. The van der Waals surface area contributed by atoms with Crippen molar-refractivity contribution in [2.24, 2.45) is 5.92 Å². The molecular formula is C13H28O. The quantitative estimate of drug-likeness (QED) is 0.564. The second-order valence-corrected chi connectivity index (χ2v) is 4.94. The van der Waals surface area contributed by atoms with Crippen molar-refractivity contribution in [2.45, 2.75) is 72.3 Å². The SMILES string of the molecule is CCCOC(C)(CC)CCCC(C)C. The van der Waals surface area contributed by atoms with Crippen molar-refractivity contribution in [1.29, 1.82) is 0 Å². The Hall–Kier alpha value is -0.0400. The van der Waals surface area contributed by atoms with E-state index in [-0.39, 0.29) is 5.60 Å². The standard InChI is InChI=1S/C13H28O/c1-6-11-14-13(5,7-2)10-8-9-12(3)4/h12H,6-11H2,1-5H3. The Morgan fingerprint density at radius 2 is 1.86 bits per heavy atom. The van der Waals surface area contributed by atoms with E-state index >= 15 is 0 Å². The molecule has 0 aromatic carbocycles. The fourth-order valence-corrected chi connectivity index (χ4v) is 1.58. The number of hydrogen-bond donors (Lipinski definition) is 0. The Balaban J connectivity index is 3.74. The van der Waals surface area contributed by atoms with E-state index in [1.807, 2.05) is 0 Å². The molecule has 0 N–H and O–H groups in total. The number of rotatable bonds is 8. The smallest absolute Gasteiger partial charge is 0.0651 e. The Bertz CT molecular complexity index is 131. The van der Waals surface area contributed by atoms with Crippen LogP contribution in [-0.4, -0.2) is 12.2 Å². The van der Waals surface area contributed by atoms with Gasteiger partial charge in [0.1, 0.15) is 0 Å². The molecule has 1 atom stereocenters. The van der Waals surface area contributed by atoms with Crippen molar-refractivity contribution in [3.05, 3.63) is 0 Å². The van der Waals surface area contributed by atoms with E-state index in [1.54, 1.807) is 0 Å². The monoisotopic (exact) mass is 200 g/mol. The van der Waals surface area contributed by atoms with Gasteiger partial charge in [-0.3, -0.25) is 0 Å². The largest absolute Gasteiger partial charge is 0.375 e. The van der Waals surface area contributed by atoms with Gasteiger partial charge in [0.2, 0.25) is 0 Å². The average Bonchev–Trinajstić information content (AvgIpc) is 2.14. The van der Waals surface area contributed by atoms with E-state index in [1.165, 1.54) is 19.3 Å². The van der Waals surface area contributed by atoms with E-state index in [0.717, 1.165) is 25.4 Å². The van der Waals surface area contributed by atoms with Crippen LogP contribution < -0.4 is 0 Å². The maximum atomic E-state index is 5.91. The molecule has 0 spiro atoms. The van der Waals surface area contributed by atoms with Crippen LogP contribution in [0.5, 0.6) is 0 Å². The first-order valence-electron chi connectivity index (χ1n) is 6.18. The Morgan fingerprint density at radius 1 is 1.21 bits per heavy atom. The van der Waals surface area contributed by atoms with Gasteiger partial charge in [-0.15, -0.1) is 0 Å². The molecule has 1 nitrogen and oxygen atoms in total. The summed E-state index contributed by atoms with van der Waals surface area (Å²) in [4.78, 5) is 0. The fourth-order valence-electron chi connectivity index (χ4n) is 1.58. The maximum Gasteiger partial charge on any atom is 0.0651 e. The highest BCUT2D eigenvalue weighted by atomic mass is 16.5. The number of ether oxygens (including phenoxy) is 1. The van der Waals surface area contributed by atoms with Crippen molar-refractivity contribution >= 4 is 0 Å². The lowest BCUT2D eigenvalue weighted by Crippen LogP contribution is -2.28. The van der Waals surface area contributed by atoms with Crippen molar-refractivity contribution < 1.29 is 4.74 Å². The molecule has 86 valence electrons. The van der Waals surface area contributed by atoms with E-state index < -0.39 is 0 Å². The highest BCUT2D eigenvalue weighted by molar-refractivity contribution is 4.73. The first-order chi connectivity index (χ1) is 6.54. The van der Waals surface area contributed by atoms with Crippen LogP contribution in [0, 0.1) is 5.92 Å². The summed E-state index contributed by atoms with van der Waals surface area (Å²) in [6, 6.07) is 0. The van der Waals surface area contributed by atoms with Gasteiger partial charge in [0.25, 0.3) is 0 Å². The third-order valence-corrected chi connectivity index (χ3v) is 2.89. The first kappa shape index (κ1) is 14.0. The van der Waals surface area contributed by atoms with Crippen LogP contribution in [0.3, 0.4) is 0 Å². The molecule has 0 bridgehead atoms. The summed E-state index contributed by atoms with van der Waals surface area (Å²) in [6.45, 7) is 12.1. The minimum Gasteiger partial charge on any atom is -0.375 e. The van der Waals surface area contributed by atoms with Crippen LogP contribution in [-0.2, 0) is 4.74 Å². The van der Waals surface area contributed by atoms with E-state index in [4.69, 9.17) is 4.74 Å². The lowest BCUT2D eigenvalue weighted by Gasteiger charge is -2.29. The minimum absolute atomic E-state index is 0.130. The second kappa shape index (κ2) is 7.28. The summed E-state index contributed by atoms with van der Waals surface area (Å²) < 4.78 is 5.91. The summed E-state index contributed by atoms with van der Waals surface area (Å²) >= 11 is 0. The number of hydrogen-bond acceptors (Lipinski definition) is 1. The van der Waals surface area contributed by atoms with Crippen LogP contribution in [0.15, 0.2) is 0 Å². The molecule has 1 heteroatoms. The molecule has 0 aromatic heterocycles. The zero-order valence-electron chi connectivity index (χ0n) is 10.7. The van der Waals surface area contributed by atoms with Gasteiger partial charge in [-0.1, -0.05) is 40.5 Å². The molecule has 0 aromatic rings. The van der Waals surface area contributed by atoms with E-state index in [2.05, 4.69) is 34.6 Å². The van der Waals surface area contributed by atoms with Gasteiger partial charge in [0.15, 0.2) is 0 Å². The van der Waals surface area contributed by atoms with E-state index in [0.29, 0.717) is 0 Å². The Kier molecular flexibility index (Phi) is 7.26. The maximum absolute atomic E-state index is 5.91. The van der Waals surface area contributed by atoms with Crippen molar-refractivity contribution in [3.8, 4) is 0 Å². The third kappa shape index (κ3) is 6.42. The van der Waals surface area contributed by atoms with Gasteiger partial charge in [-0.25, -0.2) is 0 Å². The normalized spacial score (nSPS) is 15.9. The lowest BCUT2D eigenvalue weighted by molar-refractivity contribution is -0.0419. The van der Waals surface area contributed by atoms with Crippen LogP contribution in [0.2, 0.25) is 0 Å². The average molecular weight is 200 g/mol. The van der Waals surface area contributed by atoms with Gasteiger partial charge >= 0.3 is 0 Å². The second-order valence-electron chi connectivity index (χ2n) is 4.94. The molecule has 0 aliphatic rings. The molecule has 0 amide bonds. The lowest BCUT2D eigenvalue weighted by atomic mass is 9.93. The first-order valence-corrected chi connectivity index (χ1v) is 6.18. The molecule has 0 rings (SSSR count). The van der Waals surface area contributed by atoms with Gasteiger partial charge in [-0.2, -0.15) is 0 Å². The minimum atomic E-state index is 0.130. The van der Waals surface area contributed by atoms with Crippen LogP contribution in [0.1, 0.15) is 66.7 Å². The Labute approximate surface area is 90.2 Å². The molecule has 0 heterocycles. The van der Waals surface area contributed by atoms with E-state index in [9.17, 15) is 0 Å². The zero-order valence-corrected chi connectivity index (χ0v) is 10.7. The van der Waals surface area contributed by atoms with Crippen molar-refractivity contribution in [1.82, 2.24) is 0 Å². The van der Waals surface area contributed by atoms with Crippen molar-refractivity contribution in [3.63, 3.8) is 0 Å². The van der Waals surface area contributed by atoms with Gasteiger partial charge in [-0.05, 0) is 32.1 Å². The molecule has 14 heavy (non-hydrogen) atoms. The van der Waals surface area contributed by atoms with Crippen molar-refractivity contribution in [2.75, 3.05) is 6.61 Å². The molecule has 0 fully saturated rings. The molecule has 0 saturated heterocycles. The molecule has 0 radical (unpaired) electrons. The molecule has 1 unspecified atom stereocenters. The van der Waals surface area contributed by atoms with Crippen LogP contribution in [0.25, 0.3) is 0 Å². The zero-order chi connectivity index (χ0) is 11.0. The molecular weight excluding hydrogens is 172 g/mol. The highest BCUT2D eigenvalue weighted by Crippen LogP contribution is 2.24. The summed E-state index contributed by atoms with van der Waals surface area (Å²) in [5.74, 6) is 0.822. The van der Waals surface area contributed by atoms with Crippen LogP contribution in [0.4, 0.5) is 0 Å². The van der Waals surface area contributed by atoms with Crippen LogP contribution >= 0.6 is 0 Å². The van der Waals surface area contributed by atoms with Gasteiger partial charge < -0.3 is 4.74 Å². The predicted octanol–water partition coefficient (Wildman–Crippen LogP) is 4.41. The molecule has 0 aliphatic heterocycles. The summed E-state index contributed by atoms with van der Waals surface area (Å²) in [7, 11) is 0. The Morgan fingerprint density at radius 3 is 2.29 bits per heavy atom. The molecule has 0 saturated carbocycles.